The van der Waals surface area contributed by atoms with Gasteiger partial charge in [0.25, 0.3) is 5.56 Å². The zero-order valence-electron chi connectivity index (χ0n) is 14.3. The highest BCUT2D eigenvalue weighted by molar-refractivity contribution is 5.77. The molecule has 3 N–H and O–H groups in total. The fourth-order valence-corrected chi connectivity index (χ4v) is 3.59. The Bertz CT molecular complexity index is 836. The number of hydrogen-bond acceptors (Lipinski definition) is 4. The molecule has 134 valence electrons. The maximum absolute atomic E-state index is 13.3. The molecule has 0 saturated heterocycles. The number of halogens is 1. The second kappa shape index (κ2) is 6.15. The first kappa shape index (κ1) is 17.4. The van der Waals surface area contributed by atoms with Gasteiger partial charge in [-0.1, -0.05) is 12.1 Å². The van der Waals surface area contributed by atoms with Gasteiger partial charge < -0.3 is 14.9 Å². The third kappa shape index (κ3) is 3.11. The lowest BCUT2D eigenvalue weighted by Gasteiger charge is -2.40. The summed E-state index contributed by atoms with van der Waals surface area (Å²) < 4.78 is 18.7. The minimum absolute atomic E-state index is 0.108. The number of carbonyl (C=O) groups excluding carboxylic acids is 1. The summed E-state index contributed by atoms with van der Waals surface area (Å²) in [6.45, 7) is 4.98. The Morgan fingerprint density at radius 2 is 1.96 bits per heavy atom. The van der Waals surface area contributed by atoms with Crippen molar-refractivity contribution in [2.75, 3.05) is 0 Å². The van der Waals surface area contributed by atoms with E-state index < -0.39 is 29.2 Å². The van der Waals surface area contributed by atoms with Crippen molar-refractivity contribution in [2.24, 2.45) is 5.92 Å². The number of aromatic nitrogens is 2. The lowest BCUT2D eigenvalue weighted by atomic mass is 9.66. The van der Waals surface area contributed by atoms with E-state index in [0.29, 0.717) is 16.8 Å². The van der Waals surface area contributed by atoms with Crippen molar-refractivity contribution in [3.8, 4) is 0 Å². The maximum atomic E-state index is 13.3. The van der Waals surface area contributed by atoms with Crippen molar-refractivity contribution >= 4 is 5.97 Å². The van der Waals surface area contributed by atoms with Crippen LogP contribution in [0.2, 0.25) is 0 Å². The molecule has 0 aliphatic heterocycles. The van der Waals surface area contributed by atoms with Crippen LogP contribution < -0.4 is 5.56 Å². The summed E-state index contributed by atoms with van der Waals surface area (Å²) in [5.41, 5.74) is -0.300. The Hall–Kier alpha value is -2.41. The normalized spacial score (nSPS) is 25.7. The highest BCUT2D eigenvalue weighted by atomic mass is 19.1. The van der Waals surface area contributed by atoms with Gasteiger partial charge >= 0.3 is 5.97 Å². The summed E-state index contributed by atoms with van der Waals surface area (Å²) in [5.74, 6) is -2.72. The molecule has 0 radical (unpaired) electrons. The van der Waals surface area contributed by atoms with Crippen LogP contribution >= 0.6 is 0 Å². The number of H-pyrrole nitrogens is 2. The SMILES string of the molecule is CC(C)OC(=O)[C@H]1[C@@H](c2ccc(F)cc2)c2c([nH][nH]c2=O)C[C@@]1(C)O. The van der Waals surface area contributed by atoms with Crippen molar-refractivity contribution in [3.05, 3.63) is 57.3 Å². The molecule has 0 bridgehead atoms. The Kier molecular flexibility index (Phi) is 4.28. The molecule has 0 fully saturated rings. The van der Waals surface area contributed by atoms with Crippen LogP contribution in [-0.4, -0.2) is 33.0 Å². The third-order valence-electron chi connectivity index (χ3n) is 4.58. The molecule has 0 saturated carbocycles. The number of carbonyl (C=O) groups is 1. The highest BCUT2D eigenvalue weighted by Crippen LogP contribution is 2.44. The van der Waals surface area contributed by atoms with Gasteiger partial charge in [0.15, 0.2) is 0 Å². The third-order valence-corrected chi connectivity index (χ3v) is 4.58. The zero-order chi connectivity index (χ0) is 18.4. The van der Waals surface area contributed by atoms with Crippen LogP contribution in [-0.2, 0) is 16.0 Å². The van der Waals surface area contributed by atoms with Gasteiger partial charge in [-0.15, -0.1) is 0 Å². The number of esters is 1. The Labute approximate surface area is 144 Å². The lowest BCUT2D eigenvalue weighted by Crippen LogP contribution is -2.50. The summed E-state index contributed by atoms with van der Waals surface area (Å²) in [4.78, 5) is 25.1. The van der Waals surface area contributed by atoms with E-state index in [-0.39, 0.29) is 18.1 Å². The Morgan fingerprint density at radius 3 is 2.56 bits per heavy atom. The molecule has 1 aliphatic carbocycles. The molecule has 1 aromatic heterocycles. The molecule has 0 spiro atoms. The summed E-state index contributed by atoms with van der Waals surface area (Å²) in [6, 6.07) is 5.58. The number of ether oxygens (including phenoxy) is 1. The van der Waals surface area contributed by atoms with E-state index in [9.17, 15) is 19.1 Å². The zero-order valence-corrected chi connectivity index (χ0v) is 14.3. The summed E-state index contributed by atoms with van der Waals surface area (Å²) in [5, 5.41) is 16.2. The monoisotopic (exact) mass is 348 g/mol. The molecule has 1 heterocycles. The molecule has 7 heteroatoms. The molecular formula is C18H21FN2O4. The molecule has 3 atom stereocenters. The van der Waals surface area contributed by atoms with Gasteiger partial charge in [0.05, 0.1) is 17.6 Å². The van der Waals surface area contributed by atoms with E-state index >= 15 is 0 Å². The number of aromatic amines is 2. The van der Waals surface area contributed by atoms with E-state index in [4.69, 9.17) is 4.74 Å². The topological polar surface area (TPSA) is 95.2 Å². The minimum atomic E-state index is -1.43. The van der Waals surface area contributed by atoms with E-state index in [1.165, 1.54) is 24.3 Å². The molecule has 25 heavy (non-hydrogen) atoms. The van der Waals surface area contributed by atoms with Gasteiger partial charge in [0, 0.05) is 23.6 Å². The first-order valence-corrected chi connectivity index (χ1v) is 8.18. The van der Waals surface area contributed by atoms with Crippen molar-refractivity contribution in [1.82, 2.24) is 10.2 Å². The standard InChI is InChI=1S/C18H21FN2O4/c1-9(2)25-17(23)15-13(10-4-6-11(19)7-5-10)14-12(8-18(15,3)24)20-21-16(14)22/h4-7,9,13,15,24H,8H2,1-3H3,(H2,20,21,22)/t13-,15+,18+/m0/s1. The molecule has 1 aromatic carbocycles. The predicted molar refractivity (Wildman–Crippen MR) is 88.7 cm³/mol. The molecule has 3 rings (SSSR count). The Morgan fingerprint density at radius 1 is 1.32 bits per heavy atom. The van der Waals surface area contributed by atoms with Gasteiger partial charge in [-0.2, -0.15) is 0 Å². The second-order valence-electron chi connectivity index (χ2n) is 7.00. The molecule has 0 amide bonds. The molecule has 1 aliphatic rings. The van der Waals surface area contributed by atoms with E-state index in [0.717, 1.165) is 0 Å². The molecular weight excluding hydrogens is 327 g/mol. The average molecular weight is 348 g/mol. The fraction of sp³-hybridized carbons (Fsp3) is 0.444. The molecule has 0 unspecified atom stereocenters. The summed E-state index contributed by atoms with van der Waals surface area (Å²) in [6.07, 6.45) is -0.250. The number of nitrogens with one attached hydrogen (secondary N) is 2. The van der Waals surface area contributed by atoms with Crippen LogP contribution in [0.4, 0.5) is 4.39 Å². The minimum Gasteiger partial charge on any atom is -0.463 e. The van der Waals surface area contributed by atoms with Crippen LogP contribution in [0.25, 0.3) is 0 Å². The number of hydrogen-bond donors (Lipinski definition) is 3. The number of rotatable bonds is 3. The van der Waals surface area contributed by atoms with Gasteiger partial charge in [-0.25, -0.2) is 4.39 Å². The first-order valence-electron chi connectivity index (χ1n) is 8.18. The predicted octanol–water partition coefficient (Wildman–Crippen LogP) is 1.85. The lowest BCUT2D eigenvalue weighted by molar-refractivity contribution is -0.163. The number of aliphatic hydroxyl groups is 1. The number of benzene rings is 1. The van der Waals surface area contributed by atoms with Crippen molar-refractivity contribution in [2.45, 2.75) is 44.8 Å². The summed E-state index contributed by atoms with van der Waals surface area (Å²) >= 11 is 0. The van der Waals surface area contributed by atoms with Crippen LogP contribution in [0.1, 0.15) is 43.5 Å². The molecule has 6 nitrogen and oxygen atoms in total. The average Bonchev–Trinajstić information content (AvgIpc) is 2.85. The van der Waals surface area contributed by atoms with Crippen LogP contribution in [0, 0.1) is 11.7 Å². The van der Waals surface area contributed by atoms with E-state index in [1.54, 1.807) is 20.8 Å². The first-order chi connectivity index (χ1) is 11.7. The number of fused-ring (bicyclic) bond motifs is 1. The van der Waals surface area contributed by atoms with Crippen LogP contribution in [0.15, 0.2) is 29.1 Å². The van der Waals surface area contributed by atoms with Gasteiger partial charge in [-0.05, 0) is 38.5 Å². The van der Waals surface area contributed by atoms with Gasteiger partial charge in [0.2, 0.25) is 0 Å². The second-order valence-corrected chi connectivity index (χ2v) is 7.00. The van der Waals surface area contributed by atoms with Gasteiger partial charge in [0.1, 0.15) is 5.82 Å². The highest BCUT2D eigenvalue weighted by Gasteiger charge is 2.51. The van der Waals surface area contributed by atoms with Crippen molar-refractivity contribution in [3.63, 3.8) is 0 Å². The quantitative estimate of drug-likeness (QED) is 0.738. The summed E-state index contributed by atoms with van der Waals surface area (Å²) in [7, 11) is 0. The fourth-order valence-electron chi connectivity index (χ4n) is 3.59. The van der Waals surface area contributed by atoms with Gasteiger partial charge in [-0.3, -0.25) is 14.7 Å². The molecule has 2 aromatic rings. The van der Waals surface area contributed by atoms with Crippen molar-refractivity contribution < 1.29 is 19.0 Å². The van der Waals surface area contributed by atoms with E-state index in [1.807, 2.05) is 0 Å². The largest absolute Gasteiger partial charge is 0.463 e. The maximum Gasteiger partial charge on any atom is 0.313 e. The smallest absolute Gasteiger partial charge is 0.313 e. The van der Waals surface area contributed by atoms with Crippen molar-refractivity contribution in [1.29, 1.82) is 0 Å². The van der Waals surface area contributed by atoms with Crippen LogP contribution in [0.3, 0.4) is 0 Å². The Balaban J connectivity index is 2.18. The van der Waals surface area contributed by atoms with E-state index in [2.05, 4.69) is 10.2 Å². The van der Waals surface area contributed by atoms with Crippen LogP contribution in [0.5, 0.6) is 0 Å².